The summed E-state index contributed by atoms with van der Waals surface area (Å²) in [5.41, 5.74) is 2.15. The second-order valence-electron chi connectivity index (χ2n) is 8.72. The molecule has 0 saturated heterocycles. The predicted molar refractivity (Wildman–Crippen MR) is 137 cm³/mol. The van der Waals surface area contributed by atoms with Gasteiger partial charge in [0.2, 0.25) is 5.91 Å². The van der Waals surface area contributed by atoms with Crippen LogP contribution in [0.2, 0.25) is 0 Å². The lowest BCUT2D eigenvalue weighted by Crippen LogP contribution is -2.47. The van der Waals surface area contributed by atoms with Gasteiger partial charge >= 0.3 is 0 Å². The summed E-state index contributed by atoms with van der Waals surface area (Å²) in [6.45, 7) is 4.74. The number of benzene rings is 2. The van der Waals surface area contributed by atoms with Gasteiger partial charge in [-0.15, -0.1) is 11.3 Å². The number of rotatable bonds is 6. The molecular weight excluding hydrogens is 466 g/mol. The summed E-state index contributed by atoms with van der Waals surface area (Å²) in [6, 6.07) is 16.7. The van der Waals surface area contributed by atoms with Crippen LogP contribution in [0.4, 0.5) is 5.13 Å². The number of methoxy groups -OCH3 is 1. The average Bonchev–Trinajstić information content (AvgIpc) is 3.49. The topological polar surface area (TPSA) is 71.5 Å². The molecule has 8 heteroatoms. The zero-order chi connectivity index (χ0) is 23.8. The van der Waals surface area contributed by atoms with Crippen LogP contribution in [0.25, 0.3) is 10.2 Å². The molecule has 2 amide bonds. The lowest BCUT2D eigenvalue weighted by Gasteiger charge is -2.41. The highest BCUT2D eigenvalue weighted by molar-refractivity contribution is 7.22. The van der Waals surface area contributed by atoms with E-state index in [4.69, 9.17) is 4.74 Å². The molecular formula is C26H25N3O3S2. The van der Waals surface area contributed by atoms with Crippen LogP contribution in [0, 0.1) is 5.92 Å². The van der Waals surface area contributed by atoms with Gasteiger partial charge in [-0.1, -0.05) is 49.4 Å². The fourth-order valence-electron chi connectivity index (χ4n) is 4.51. The minimum absolute atomic E-state index is 0.0289. The first-order chi connectivity index (χ1) is 16.5. The number of ether oxygens (including phenoxy) is 1. The molecule has 174 valence electrons. The first-order valence-electron chi connectivity index (χ1n) is 11.1. The van der Waals surface area contributed by atoms with Crippen molar-refractivity contribution in [3.63, 3.8) is 0 Å². The highest BCUT2D eigenvalue weighted by Crippen LogP contribution is 2.45. The molecule has 2 aromatic carbocycles. The number of anilines is 1. The van der Waals surface area contributed by atoms with Gasteiger partial charge in [-0.25, -0.2) is 4.98 Å². The Labute approximate surface area is 206 Å². The number of carbonyl (C=O) groups is 2. The van der Waals surface area contributed by atoms with E-state index >= 15 is 0 Å². The molecule has 1 aliphatic rings. The maximum atomic E-state index is 13.9. The monoisotopic (exact) mass is 491 g/mol. The zero-order valence-electron chi connectivity index (χ0n) is 19.1. The third-order valence-electron chi connectivity index (χ3n) is 5.94. The van der Waals surface area contributed by atoms with Gasteiger partial charge in [-0.2, -0.15) is 0 Å². The number of aromatic nitrogens is 1. The molecule has 0 bridgehead atoms. The van der Waals surface area contributed by atoms with Crippen LogP contribution in [-0.4, -0.2) is 35.4 Å². The van der Waals surface area contributed by atoms with Crippen LogP contribution in [0.1, 0.15) is 46.6 Å². The molecule has 2 atom stereocenters. The van der Waals surface area contributed by atoms with Crippen LogP contribution < -0.4 is 10.1 Å². The number of nitrogens with zero attached hydrogens (tertiary/aromatic N) is 2. The lowest BCUT2D eigenvalue weighted by molar-refractivity contribution is -0.119. The molecule has 2 unspecified atom stereocenters. The van der Waals surface area contributed by atoms with Crippen molar-refractivity contribution in [3.8, 4) is 5.75 Å². The van der Waals surface area contributed by atoms with Crippen LogP contribution >= 0.6 is 22.7 Å². The van der Waals surface area contributed by atoms with Gasteiger partial charge in [-0.3, -0.25) is 9.59 Å². The van der Waals surface area contributed by atoms with E-state index in [0.717, 1.165) is 26.4 Å². The maximum absolute atomic E-state index is 13.9. The second kappa shape index (κ2) is 9.19. The Kier molecular flexibility index (Phi) is 6.10. The zero-order valence-corrected chi connectivity index (χ0v) is 20.8. The summed E-state index contributed by atoms with van der Waals surface area (Å²) in [4.78, 5) is 34.9. The summed E-state index contributed by atoms with van der Waals surface area (Å²) in [5.74, 6) is 0.264. The number of thiophene rings is 1. The molecule has 0 saturated carbocycles. The van der Waals surface area contributed by atoms with Crippen molar-refractivity contribution < 1.29 is 14.3 Å². The molecule has 0 fully saturated rings. The maximum Gasteiger partial charge on any atom is 0.254 e. The number of hydrogen-bond donors (Lipinski definition) is 1. The van der Waals surface area contributed by atoms with E-state index in [1.54, 1.807) is 18.4 Å². The Bertz CT molecular complexity index is 1350. The highest BCUT2D eigenvalue weighted by Gasteiger charge is 2.44. The van der Waals surface area contributed by atoms with Gasteiger partial charge in [0.05, 0.1) is 29.3 Å². The van der Waals surface area contributed by atoms with E-state index in [1.807, 2.05) is 64.9 Å². The van der Waals surface area contributed by atoms with E-state index in [-0.39, 0.29) is 23.8 Å². The molecule has 1 aliphatic heterocycles. The summed E-state index contributed by atoms with van der Waals surface area (Å²) < 4.78 is 6.25. The largest absolute Gasteiger partial charge is 0.497 e. The number of carbonyl (C=O) groups excluding carboxylic acids is 2. The minimum Gasteiger partial charge on any atom is -0.497 e. The van der Waals surface area contributed by atoms with Crippen LogP contribution in [0.15, 0.2) is 60.0 Å². The lowest BCUT2D eigenvalue weighted by atomic mass is 9.81. The summed E-state index contributed by atoms with van der Waals surface area (Å²) in [6.07, 6.45) is 0. The molecule has 0 aliphatic carbocycles. The van der Waals surface area contributed by atoms with Crippen molar-refractivity contribution in [2.24, 2.45) is 5.92 Å². The predicted octanol–water partition coefficient (Wildman–Crippen LogP) is 5.94. The normalized spacial score (nSPS) is 17.8. The highest BCUT2D eigenvalue weighted by atomic mass is 32.1. The van der Waals surface area contributed by atoms with E-state index in [2.05, 4.69) is 24.1 Å². The van der Waals surface area contributed by atoms with E-state index in [1.165, 1.54) is 11.3 Å². The number of fused-ring (bicyclic) bond motifs is 2. The Morgan fingerprint density at radius 3 is 2.74 bits per heavy atom. The van der Waals surface area contributed by atoms with Crippen molar-refractivity contribution >= 4 is 49.8 Å². The number of amides is 2. The Balaban J connectivity index is 1.57. The quantitative estimate of drug-likeness (QED) is 0.362. The molecule has 4 aromatic rings. The Hall–Kier alpha value is -3.23. The molecule has 34 heavy (non-hydrogen) atoms. The molecule has 0 spiro atoms. The van der Waals surface area contributed by atoms with Crippen molar-refractivity contribution in [2.75, 3.05) is 19.0 Å². The first kappa shape index (κ1) is 22.6. The number of hydrogen-bond acceptors (Lipinski definition) is 6. The summed E-state index contributed by atoms with van der Waals surface area (Å²) in [7, 11) is 1.63. The van der Waals surface area contributed by atoms with Crippen molar-refractivity contribution in [1.82, 2.24) is 9.88 Å². The van der Waals surface area contributed by atoms with Gasteiger partial charge in [0.15, 0.2) is 5.13 Å². The average molecular weight is 492 g/mol. The second-order valence-corrected chi connectivity index (χ2v) is 10.7. The molecule has 3 heterocycles. The van der Waals surface area contributed by atoms with Crippen LogP contribution in [-0.2, 0) is 4.79 Å². The third-order valence-corrected chi connectivity index (χ3v) is 7.82. The molecule has 0 radical (unpaired) electrons. The van der Waals surface area contributed by atoms with E-state index in [9.17, 15) is 9.59 Å². The van der Waals surface area contributed by atoms with Gasteiger partial charge in [0.1, 0.15) is 5.75 Å². The van der Waals surface area contributed by atoms with Crippen LogP contribution in [0.5, 0.6) is 5.75 Å². The van der Waals surface area contributed by atoms with E-state index < -0.39 is 5.92 Å². The van der Waals surface area contributed by atoms with Crippen molar-refractivity contribution in [1.29, 1.82) is 0 Å². The Morgan fingerprint density at radius 2 is 2.00 bits per heavy atom. The number of nitrogens with one attached hydrogen (secondary N) is 1. The first-order valence-corrected chi connectivity index (χ1v) is 12.8. The SMILES string of the molecule is COc1ccc2nc(NC(=O)C3c4ccccc4C(=O)N(CC(C)C)C3c3cccs3)sc2c1. The van der Waals surface area contributed by atoms with Crippen molar-refractivity contribution in [3.05, 3.63) is 76.0 Å². The van der Waals surface area contributed by atoms with Crippen molar-refractivity contribution in [2.45, 2.75) is 25.8 Å². The Morgan fingerprint density at radius 1 is 1.18 bits per heavy atom. The van der Waals surface area contributed by atoms with E-state index in [0.29, 0.717) is 17.2 Å². The minimum atomic E-state index is -0.548. The van der Waals surface area contributed by atoms with Gasteiger partial charge in [0, 0.05) is 17.0 Å². The third kappa shape index (κ3) is 4.08. The van der Waals surface area contributed by atoms with Gasteiger partial charge in [0.25, 0.3) is 5.91 Å². The fourth-order valence-corrected chi connectivity index (χ4v) is 6.29. The standard InChI is InChI=1S/C26H25N3O3S2/c1-15(2)14-29-23(20-9-6-12-33-20)22(17-7-4-5-8-18(17)25(29)31)24(30)28-26-27-19-11-10-16(32-3)13-21(19)34-26/h4-13,15,22-23H,14H2,1-3H3,(H,27,28,30). The molecule has 5 rings (SSSR count). The fraction of sp³-hybridized carbons (Fsp3) is 0.269. The molecule has 1 N–H and O–H groups in total. The van der Waals surface area contributed by atoms with Crippen LogP contribution in [0.3, 0.4) is 0 Å². The summed E-state index contributed by atoms with van der Waals surface area (Å²) >= 11 is 2.98. The van der Waals surface area contributed by atoms with Gasteiger partial charge < -0.3 is 15.0 Å². The summed E-state index contributed by atoms with van der Waals surface area (Å²) in [5, 5.41) is 5.57. The molecule has 2 aromatic heterocycles. The number of thiazole rings is 1. The smallest absolute Gasteiger partial charge is 0.254 e. The molecule has 6 nitrogen and oxygen atoms in total. The van der Waals surface area contributed by atoms with Gasteiger partial charge in [-0.05, 0) is 47.2 Å².